The van der Waals surface area contributed by atoms with Gasteiger partial charge in [0.2, 0.25) is 5.56 Å². The van der Waals surface area contributed by atoms with E-state index in [1.807, 2.05) is 0 Å². The number of hydrogen-bond acceptors (Lipinski definition) is 5. The van der Waals surface area contributed by atoms with Gasteiger partial charge in [-0.25, -0.2) is 0 Å². The minimum absolute atomic E-state index is 0.0114. The van der Waals surface area contributed by atoms with Gasteiger partial charge in [-0.15, -0.1) is 0 Å². The Morgan fingerprint density at radius 3 is 2.69 bits per heavy atom. The van der Waals surface area contributed by atoms with Gasteiger partial charge in [0.1, 0.15) is 5.75 Å². The van der Waals surface area contributed by atoms with E-state index in [1.54, 1.807) is 12.1 Å². The molecular weight excluding hydrogens is 366 g/mol. The number of phenolic OH excluding ortho intramolecular Hbond substituents is 1. The first kappa shape index (κ1) is 21.8. The van der Waals surface area contributed by atoms with Gasteiger partial charge < -0.3 is 25.4 Å². The predicted octanol–water partition coefficient (Wildman–Crippen LogP) is 2.96. The second-order valence-corrected chi connectivity index (χ2v) is 8.20. The van der Waals surface area contributed by atoms with Crippen LogP contribution >= 0.6 is 0 Å². The molecule has 2 heterocycles. The van der Waals surface area contributed by atoms with Gasteiger partial charge in [0.05, 0.1) is 11.6 Å². The van der Waals surface area contributed by atoms with Crippen LogP contribution in [0.3, 0.4) is 0 Å². The lowest BCUT2D eigenvalue weighted by Gasteiger charge is -2.30. The summed E-state index contributed by atoms with van der Waals surface area (Å²) in [4.78, 5) is 16.7. The maximum absolute atomic E-state index is 11.5. The monoisotopic (exact) mass is 400 g/mol. The Labute approximate surface area is 172 Å². The Bertz CT molecular complexity index is 828. The van der Waals surface area contributed by atoms with E-state index in [0.29, 0.717) is 28.9 Å². The average Bonchev–Trinajstić information content (AvgIpc) is 2.72. The summed E-state index contributed by atoms with van der Waals surface area (Å²) in [5, 5.41) is 24.5. The van der Waals surface area contributed by atoms with Crippen LogP contribution < -0.4 is 10.9 Å². The van der Waals surface area contributed by atoms with Crippen molar-refractivity contribution in [3.8, 4) is 5.75 Å². The van der Waals surface area contributed by atoms with E-state index in [-0.39, 0.29) is 11.3 Å². The predicted molar refractivity (Wildman–Crippen MR) is 117 cm³/mol. The standard InChI is InChI=1S/C23H34N3O3/c1-17-10-14-26(15-11-17)13-5-3-2-4-12-24-16-21(28)18-6-8-20(27)23-19(18)7-9-22(29)25-23/h6-9,17,21,24,27-28H,1-5,10-16H2,(H,25,29)/t21-/m0/s1. The maximum atomic E-state index is 11.5. The molecule has 1 aromatic heterocycles. The van der Waals surface area contributed by atoms with Crippen molar-refractivity contribution in [2.24, 2.45) is 5.92 Å². The number of benzene rings is 1. The van der Waals surface area contributed by atoms with Gasteiger partial charge in [-0.1, -0.05) is 25.8 Å². The zero-order chi connectivity index (χ0) is 20.6. The molecule has 1 atom stereocenters. The van der Waals surface area contributed by atoms with E-state index >= 15 is 0 Å². The molecule has 1 radical (unpaired) electrons. The number of aromatic hydroxyl groups is 1. The van der Waals surface area contributed by atoms with Gasteiger partial charge in [-0.2, -0.15) is 0 Å². The number of phenols is 1. The van der Waals surface area contributed by atoms with Crippen LogP contribution in [0.4, 0.5) is 0 Å². The normalized spacial score (nSPS) is 17.0. The Kier molecular flexibility index (Phi) is 8.09. The lowest BCUT2D eigenvalue weighted by atomic mass is 9.99. The SMILES string of the molecule is [CH2]C1CCN(CCCCCCNC[C@H](O)c2ccc(O)c3[nH]c(=O)ccc23)CC1. The summed E-state index contributed by atoms with van der Waals surface area (Å²) in [6, 6.07) is 6.27. The fourth-order valence-electron chi connectivity index (χ4n) is 4.05. The fraction of sp³-hybridized carbons (Fsp3) is 0.565. The molecule has 0 aliphatic carbocycles. The molecule has 0 saturated carbocycles. The molecule has 1 aliphatic heterocycles. The second-order valence-electron chi connectivity index (χ2n) is 8.20. The summed E-state index contributed by atoms with van der Waals surface area (Å²) in [6.45, 7) is 9.07. The number of likely N-dealkylation sites (tertiary alicyclic amines) is 1. The number of hydrogen-bond donors (Lipinski definition) is 4. The molecular formula is C23H34N3O3. The van der Waals surface area contributed by atoms with Crippen molar-refractivity contribution in [1.29, 1.82) is 0 Å². The highest BCUT2D eigenvalue weighted by Gasteiger charge is 2.15. The molecule has 29 heavy (non-hydrogen) atoms. The van der Waals surface area contributed by atoms with E-state index in [9.17, 15) is 15.0 Å². The number of aromatic nitrogens is 1. The van der Waals surface area contributed by atoms with Crippen molar-refractivity contribution in [3.05, 3.63) is 47.1 Å². The number of fused-ring (bicyclic) bond motifs is 1. The lowest BCUT2D eigenvalue weighted by Crippen LogP contribution is -2.33. The highest BCUT2D eigenvalue weighted by Crippen LogP contribution is 2.28. The average molecular weight is 401 g/mol. The third-order valence-electron chi connectivity index (χ3n) is 5.89. The summed E-state index contributed by atoms with van der Waals surface area (Å²) in [5.74, 6) is 0.659. The van der Waals surface area contributed by atoms with Crippen LogP contribution in [-0.2, 0) is 0 Å². The fourth-order valence-corrected chi connectivity index (χ4v) is 4.05. The Hall–Kier alpha value is -1.89. The molecule has 0 unspecified atom stereocenters. The van der Waals surface area contributed by atoms with Crippen molar-refractivity contribution >= 4 is 10.9 Å². The molecule has 0 bridgehead atoms. The van der Waals surface area contributed by atoms with Gasteiger partial charge in [0.15, 0.2) is 0 Å². The van der Waals surface area contributed by atoms with E-state index in [2.05, 4.69) is 22.1 Å². The van der Waals surface area contributed by atoms with Crippen molar-refractivity contribution in [1.82, 2.24) is 15.2 Å². The zero-order valence-electron chi connectivity index (χ0n) is 17.2. The quantitative estimate of drug-likeness (QED) is 0.461. The lowest BCUT2D eigenvalue weighted by molar-refractivity contribution is 0.176. The minimum atomic E-state index is -0.694. The van der Waals surface area contributed by atoms with Crippen LogP contribution in [-0.4, -0.2) is 52.8 Å². The molecule has 0 spiro atoms. The van der Waals surface area contributed by atoms with Crippen molar-refractivity contribution < 1.29 is 10.2 Å². The summed E-state index contributed by atoms with van der Waals surface area (Å²) >= 11 is 0. The second kappa shape index (κ2) is 10.8. The van der Waals surface area contributed by atoms with E-state index in [1.165, 1.54) is 63.9 Å². The van der Waals surface area contributed by atoms with Crippen LogP contribution in [0.5, 0.6) is 5.75 Å². The number of aliphatic hydroxyl groups excluding tert-OH is 1. The molecule has 1 aromatic carbocycles. The smallest absolute Gasteiger partial charge is 0.248 e. The molecule has 6 nitrogen and oxygen atoms in total. The largest absolute Gasteiger partial charge is 0.506 e. The molecule has 1 fully saturated rings. The number of aromatic amines is 1. The molecule has 3 rings (SSSR count). The van der Waals surface area contributed by atoms with Crippen LogP contribution in [0.15, 0.2) is 29.1 Å². The first-order valence-corrected chi connectivity index (χ1v) is 10.8. The van der Waals surface area contributed by atoms with Crippen molar-refractivity contribution in [3.63, 3.8) is 0 Å². The van der Waals surface area contributed by atoms with Gasteiger partial charge in [0, 0.05) is 18.0 Å². The van der Waals surface area contributed by atoms with Gasteiger partial charge in [-0.05, 0) is 75.5 Å². The highest BCUT2D eigenvalue weighted by atomic mass is 16.3. The zero-order valence-corrected chi connectivity index (χ0v) is 17.2. The number of aliphatic hydroxyl groups is 1. The molecule has 1 saturated heterocycles. The molecule has 0 amide bonds. The van der Waals surface area contributed by atoms with E-state index in [4.69, 9.17) is 0 Å². The summed E-state index contributed by atoms with van der Waals surface area (Å²) in [7, 11) is 0. The van der Waals surface area contributed by atoms with Gasteiger partial charge >= 0.3 is 0 Å². The van der Waals surface area contributed by atoms with Gasteiger partial charge in [-0.3, -0.25) is 4.79 Å². The molecule has 2 aromatic rings. The molecule has 6 heteroatoms. The Balaban J connectivity index is 1.33. The molecule has 159 valence electrons. The third-order valence-corrected chi connectivity index (χ3v) is 5.89. The minimum Gasteiger partial charge on any atom is -0.506 e. The highest BCUT2D eigenvalue weighted by molar-refractivity contribution is 5.87. The summed E-state index contributed by atoms with van der Waals surface area (Å²) in [5.41, 5.74) is 0.797. The van der Waals surface area contributed by atoms with E-state index in [0.717, 1.165) is 13.0 Å². The number of nitrogens with zero attached hydrogens (tertiary/aromatic N) is 1. The number of pyridine rings is 1. The van der Waals surface area contributed by atoms with E-state index < -0.39 is 6.10 Å². The number of H-pyrrole nitrogens is 1. The Morgan fingerprint density at radius 1 is 1.14 bits per heavy atom. The number of unbranched alkanes of at least 4 members (excludes halogenated alkanes) is 3. The van der Waals surface area contributed by atoms with Crippen LogP contribution in [0.25, 0.3) is 10.9 Å². The van der Waals surface area contributed by atoms with Crippen molar-refractivity contribution in [2.45, 2.75) is 44.6 Å². The topological polar surface area (TPSA) is 88.6 Å². The Morgan fingerprint density at radius 2 is 1.90 bits per heavy atom. The number of piperidine rings is 1. The van der Waals surface area contributed by atoms with Gasteiger partial charge in [0.25, 0.3) is 0 Å². The summed E-state index contributed by atoms with van der Waals surface area (Å²) in [6.07, 6.45) is 6.56. The third kappa shape index (κ3) is 6.29. The first-order valence-electron chi connectivity index (χ1n) is 10.8. The van der Waals surface area contributed by atoms with Crippen LogP contribution in [0.2, 0.25) is 0 Å². The summed E-state index contributed by atoms with van der Waals surface area (Å²) < 4.78 is 0. The molecule has 1 aliphatic rings. The maximum Gasteiger partial charge on any atom is 0.248 e. The number of nitrogens with one attached hydrogen (secondary N) is 2. The first-order chi connectivity index (χ1) is 14.0. The van der Waals surface area contributed by atoms with Crippen LogP contribution in [0.1, 0.15) is 50.2 Å². The van der Waals surface area contributed by atoms with Crippen LogP contribution in [0, 0.1) is 12.8 Å². The van der Waals surface area contributed by atoms with Crippen molar-refractivity contribution in [2.75, 3.05) is 32.7 Å². The number of rotatable bonds is 10. The molecule has 4 N–H and O–H groups in total.